The van der Waals surface area contributed by atoms with Gasteiger partial charge in [-0.25, -0.2) is 4.79 Å². The van der Waals surface area contributed by atoms with Crippen LogP contribution < -0.4 is 10.6 Å². The van der Waals surface area contributed by atoms with E-state index in [9.17, 15) is 9.59 Å². The van der Waals surface area contributed by atoms with Gasteiger partial charge in [0.1, 0.15) is 0 Å². The summed E-state index contributed by atoms with van der Waals surface area (Å²) >= 11 is 2.83. The SMILES string of the molecule is Cc1cccc(NC(=O)NC(=O)CSc2nnc(-c3cccs3)n2Cc2ccccc2)c1C. The average Bonchev–Trinajstić information content (AvgIpc) is 3.46. The topological polar surface area (TPSA) is 88.9 Å². The molecule has 0 bridgehead atoms. The second-order valence-electron chi connectivity index (χ2n) is 7.39. The molecular weight excluding hydrogens is 454 g/mol. The molecule has 4 rings (SSSR count). The third-order valence-corrected chi connectivity index (χ3v) is 6.91. The van der Waals surface area contributed by atoms with Crippen LogP contribution in [-0.4, -0.2) is 32.5 Å². The van der Waals surface area contributed by atoms with Gasteiger partial charge >= 0.3 is 6.03 Å². The van der Waals surface area contributed by atoms with Crippen molar-refractivity contribution in [3.63, 3.8) is 0 Å². The number of aromatic nitrogens is 3. The summed E-state index contributed by atoms with van der Waals surface area (Å²) in [5, 5.41) is 16.4. The molecular formula is C24H23N5O2S2. The van der Waals surface area contributed by atoms with Crippen molar-refractivity contribution in [3.05, 3.63) is 82.7 Å². The molecule has 2 aromatic heterocycles. The zero-order valence-electron chi connectivity index (χ0n) is 18.2. The first-order valence-corrected chi connectivity index (χ1v) is 12.2. The molecule has 0 aliphatic rings. The summed E-state index contributed by atoms with van der Waals surface area (Å²) in [5.41, 5.74) is 3.81. The van der Waals surface area contributed by atoms with Gasteiger partial charge in [0.2, 0.25) is 5.91 Å². The van der Waals surface area contributed by atoms with Gasteiger partial charge in [0.25, 0.3) is 0 Å². The monoisotopic (exact) mass is 477 g/mol. The number of carbonyl (C=O) groups is 2. The first-order chi connectivity index (χ1) is 16.0. The molecule has 0 saturated heterocycles. The molecule has 33 heavy (non-hydrogen) atoms. The van der Waals surface area contributed by atoms with Crippen molar-refractivity contribution in [1.29, 1.82) is 0 Å². The number of thioether (sulfide) groups is 1. The predicted octanol–water partition coefficient (Wildman–Crippen LogP) is 5.11. The average molecular weight is 478 g/mol. The van der Waals surface area contributed by atoms with Crippen molar-refractivity contribution >= 4 is 40.7 Å². The third-order valence-electron chi connectivity index (χ3n) is 5.08. The number of urea groups is 1. The fraction of sp³-hybridized carbons (Fsp3) is 0.167. The maximum Gasteiger partial charge on any atom is 0.325 e. The van der Waals surface area contributed by atoms with Gasteiger partial charge in [0.05, 0.1) is 17.2 Å². The lowest BCUT2D eigenvalue weighted by atomic mass is 10.1. The van der Waals surface area contributed by atoms with Crippen molar-refractivity contribution < 1.29 is 9.59 Å². The molecule has 0 atom stereocenters. The zero-order chi connectivity index (χ0) is 23.2. The lowest BCUT2D eigenvalue weighted by Gasteiger charge is -2.11. The quantitative estimate of drug-likeness (QED) is 0.361. The highest BCUT2D eigenvalue weighted by molar-refractivity contribution is 7.99. The van der Waals surface area contributed by atoms with E-state index in [2.05, 4.69) is 20.8 Å². The molecule has 0 saturated carbocycles. The van der Waals surface area contributed by atoms with Gasteiger partial charge in [-0.05, 0) is 48.1 Å². The second-order valence-corrected chi connectivity index (χ2v) is 9.28. The van der Waals surface area contributed by atoms with Gasteiger partial charge in [-0.15, -0.1) is 21.5 Å². The summed E-state index contributed by atoms with van der Waals surface area (Å²) in [6, 6.07) is 19.1. The van der Waals surface area contributed by atoms with E-state index in [0.717, 1.165) is 27.4 Å². The number of thiophene rings is 1. The number of hydrogen-bond acceptors (Lipinski definition) is 6. The van der Waals surface area contributed by atoms with Crippen molar-refractivity contribution in [2.45, 2.75) is 25.5 Å². The number of hydrogen-bond donors (Lipinski definition) is 2. The Morgan fingerprint density at radius 3 is 2.58 bits per heavy atom. The molecule has 2 N–H and O–H groups in total. The molecule has 0 unspecified atom stereocenters. The first-order valence-electron chi connectivity index (χ1n) is 10.3. The van der Waals surface area contributed by atoms with Crippen LogP contribution in [-0.2, 0) is 11.3 Å². The fourth-order valence-electron chi connectivity index (χ4n) is 3.22. The van der Waals surface area contributed by atoms with Gasteiger partial charge in [-0.2, -0.15) is 0 Å². The highest BCUT2D eigenvalue weighted by Crippen LogP contribution is 2.28. The van der Waals surface area contributed by atoms with Gasteiger partial charge in [-0.1, -0.05) is 60.3 Å². The largest absolute Gasteiger partial charge is 0.325 e. The number of imide groups is 1. The van der Waals surface area contributed by atoms with Crippen molar-refractivity contribution in [2.75, 3.05) is 11.1 Å². The van der Waals surface area contributed by atoms with Crippen LogP contribution in [0.2, 0.25) is 0 Å². The maximum atomic E-state index is 12.4. The van der Waals surface area contributed by atoms with E-state index in [0.29, 0.717) is 17.4 Å². The van der Waals surface area contributed by atoms with E-state index in [4.69, 9.17) is 0 Å². The van der Waals surface area contributed by atoms with E-state index in [1.807, 2.05) is 78.4 Å². The lowest BCUT2D eigenvalue weighted by molar-refractivity contribution is -0.117. The van der Waals surface area contributed by atoms with Gasteiger partial charge < -0.3 is 5.32 Å². The van der Waals surface area contributed by atoms with Crippen LogP contribution >= 0.6 is 23.1 Å². The number of nitrogens with one attached hydrogen (secondary N) is 2. The molecule has 2 aromatic carbocycles. The molecule has 4 aromatic rings. The molecule has 0 aliphatic carbocycles. The molecule has 0 radical (unpaired) electrons. The number of aryl methyl sites for hydroxylation is 1. The molecule has 2 heterocycles. The summed E-state index contributed by atoms with van der Waals surface area (Å²) in [5.74, 6) is 0.386. The maximum absolute atomic E-state index is 12.4. The molecule has 0 aliphatic heterocycles. The Balaban J connectivity index is 1.42. The Morgan fingerprint density at radius 1 is 1.00 bits per heavy atom. The summed E-state index contributed by atoms with van der Waals surface area (Å²) in [6.45, 7) is 4.47. The molecule has 168 valence electrons. The second kappa shape index (κ2) is 10.5. The van der Waals surface area contributed by atoms with Crippen molar-refractivity contribution in [3.8, 4) is 10.7 Å². The first kappa shape index (κ1) is 22.8. The van der Waals surface area contributed by atoms with Crippen molar-refractivity contribution in [1.82, 2.24) is 20.1 Å². The third kappa shape index (κ3) is 5.68. The van der Waals surface area contributed by atoms with E-state index in [1.54, 1.807) is 17.4 Å². The Bertz CT molecular complexity index is 1250. The number of carbonyl (C=O) groups excluding carboxylic acids is 2. The number of nitrogens with zero attached hydrogens (tertiary/aromatic N) is 3. The molecule has 0 fully saturated rings. The molecule has 9 heteroatoms. The number of amides is 3. The Hall–Kier alpha value is -3.43. The smallest absolute Gasteiger partial charge is 0.307 e. The van der Waals surface area contributed by atoms with Gasteiger partial charge in [0.15, 0.2) is 11.0 Å². The van der Waals surface area contributed by atoms with Crippen molar-refractivity contribution in [2.24, 2.45) is 0 Å². The van der Waals surface area contributed by atoms with E-state index in [-0.39, 0.29) is 5.75 Å². The molecule has 0 spiro atoms. The molecule has 3 amide bonds. The summed E-state index contributed by atoms with van der Waals surface area (Å²) in [4.78, 5) is 25.7. The highest BCUT2D eigenvalue weighted by Gasteiger charge is 2.18. The van der Waals surface area contributed by atoms with Crippen LogP contribution in [0.4, 0.5) is 10.5 Å². The van der Waals surface area contributed by atoms with E-state index in [1.165, 1.54) is 11.8 Å². The number of rotatable bonds is 7. The minimum Gasteiger partial charge on any atom is -0.307 e. The normalized spacial score (nSPS) is 10.7. The van der Waals surface area contributed by atoms with Crippen LogP contribution in [0, 0.1) is 13.8 Å². The van der Waals surface area contributed by atoms with Gasteiger partial charge in [-0.3, -0.25) is 14.7 Å². The van der Waals surface area contributed by atoms with Crippen LogP contribution in [0.25, 0.3) is 10.7 Å². The van der Waals surface area contributed by atoms with E-state index < -0.39 is 11.9 Å². The zero-order valence-corrected chi connectivity index (χ0v) is 19.9. The number of anilines is 1. The minimum absolute atomic E-state index is 0.0393. The Labute approximate surface area is 200 Å². The summed E-state index contributed by atoms with van der Waals surface area (Å²) in [7, 11) is 0. The highest BCUT2D eigenvalue weighted by atomic mass is 32.2. The van der Waals surface area contributed by atoms with E-state index >= 15 is 0 Å². The lowest BCUT2D eigenvalue weighted by Crippen LogP contribution is -2.35. The van der Waals surface area contributed by atoms with Crippen LogP contribution in [0.5, 0.6) is 0 Å². The fourth-order valence-corrected chi connectivity index (χ4v) is 4.68. The minimum atomic E-state index is -0.556. The standard InChI is InChI=1S/C24H23N5O2S2/c1-16-8-6-11-19(17(16)2)25-23(31)26-21(30)15-33-24-28-27-22(20-12-7-13-32-20)29(24)14-18-9-4-3-5-10-18/h3-13H,14-15H2,1-2H3,(H2,25,26,30,31). The van der Waals surface area contributed by atoms with Crippen LogP contribution in [0.1, 0.15) is 16.7 Å². The summed E-state index contributed by atoms with van der Waals surface area (Å²) < 4.78 is 2.00. The van der Waals surface area contributed by atoms with Crippen LogP contribution in [0.3, 0.4) is 0 Å². The predicted molar refractivity (Wildman–Crippen MR) is 133 cm³/mol. The van der Waals surface area contributed by atoms with Crippen LogP contribution in [0.15, 0.2) is 71.2 Å². The molecule has 7 nitrogen and oxygen atoms in total. The Morgan fingerprint density at radius 2 is 1.82 bits per heavy atom. The Kier molecular flexibility index (Phi) is 7.21. The summed E-state index contributed by atoms with van der Waals surface area (Å²) in [6.07, 6.45) is 0. The van der Waals surface area contributed by atoms with Gasteiger partial charge in [0, 0.05) is 5.69 Å². The number of benzene rings is 2.